The number of rotatable bonds is 3. The normalized spacial score (nSPS) is 19.2. The van der Waals surface area contributed by atoms with E-state index in [1.54, 1.807) is 13.0 Å². The van der Waals surface area contributed by atoms with Gasteiger partial charge in [-0.05, 0) is 38.3 Å². The fourth-order valence-corrected chi connectivity index (χ4v) is 1.95. The average molecular weight is 221 g/mol. The third kappa shape index (κ3) is 2.89. The van der Waals surface area contributed by atoms with Crippen molar-refractivity contribution in [2.45, 2.75) is 32.3 Å². The zero-order chi connectivity index (χ0) is 11.4. The maximum atomic E-state index is 9.13. The molecule has 16 heavy (non-hydrogen) atoms. The maximum absolute atomic E-state index is 9.13. The highest BCUT2D eigenvalue weighted by Crippen LogP contribution is 2.23. The lowest BCUT2D eigenvalue weighted by Crippen LogP contribution is -2.28. The summed E-state index contributed by atoms with van der Waals surface area (Å²) in [5, 5.41) is 9.13. The van der Waals surface area contributed by atoms with Gasteiger partial charge in [0.15, 0.2) is 5.88 Å². The van der Waals surface area contributed by atoms with Crippen molar-refractivity contribution in [1.82, 2.24) is 0 Å². The third-order valence-electron chi connectivity index (χ3n) is 2.82. The van der Waals surface area contributed by atoms with E-state index in [0.717, 1.165) is 24.7 Å². The van der Waals surface area contributed by atoms with Crippen molar-refractivity contribution in [3.63, 3.8) is 0 Å². The predicted molar refractivity (Wildman–Crippen MR) is 65.5 cm³/mol. The molecule has 88 valence electrons. The van der Waals surface area contributed by atoms with E-state index in [2.05, 4.69) is 4.90 Å². The monoisotopic (exact) mass is 221 g/mol. The Labute approximate surface area is 96.4 Å². The minimum absolute atomic E-state index is 0.427. The van der Waals surface area contributed by atoms with Crippen LogP contribution in [0.1, 0.15) is 31.9 Å². The van der Waals surface area contributed by atoms with Crippen LogP contribution in [0.25, 0.3) is 6.08 Å². The van der Waals surface area contributed by atoms with Crippen molar-refractivity contribution in [3.05, 3.63) is 24.0 Å². The van der Waals surface area contributed by atoms with Gasteiger partial charge in [0.1, 0.15) is 5.76 Å². The molecule has 1 atom stereocenters. The zero-order valence-electron chi connectivity index (χ0n) is 9.72. The number of nitrogens with zero attached hydrogens (tertiary/aromatic N) is 1. The Kier molecular flexibility index (Phi) is 3.67. The van der Waals surface area contributed by atoms with E-state index < -0.39 is 6.10 Å². The summed E-state index contributed by atoms with van der Waals surface area (Å²) in [6.45, 7) is 3.91. The van der Waals surface area contributed by atoms with Crippen LogP contribution in [0.4, 0.5) is 5.88 Å². The second-order valence-corrected chi connectivity index (χ2v) is 4.32. The summed E-state index contributed by atoms with van der Waals surface area (Å²) in [6, 6.07) is 3.95. The molecular weight excluding hydrogens is 202 g/mol. The number of piperidine rings is 1. The van der Waals surface area contributed by atoms with Crippen molar-refractivity contribution < 1.29 is 9.52 Å². The van der Waals surface area contributed by atoms with Gasteiger partial charge in [0.05, 0.1) is 6.10 Å². The molecule has 1 aliphatic heterocycles. The molecule has 2 rings (SSSR count). The summed E-state index contributed by atoms with van der Waals surface area (Å²) in [4.78, 5) is 2.28. The SMILES string of the molecule is CC(O)/C=C/c1ccc(N2CCCCC2)o1. The van der Waals surface area contributed by atoms with Crippen LogP contribution in [-0.2, 0) is 0 Å². The number of aliphatic hydroxyl groups is 1. The molecule has 2 heterocycles. The number of aliphatic hydroxyl groups excluding tert-OH is 1. The van der Waals surface area contributed by atoms with Gasteiger partial charge in [0.25, 0.3) is 0 Å². The van der Waals surface area contributed by atoms with E-state index >= 15 is 0 Å². The second-order valence-electron chi connectivity index (χ2n) is 4.32. The summed E-state index contributed by atoms with van der Waals surface area (Å²) in [7, 11) is 0. The fraction of sp³-hybridized carbons (Fsp3) is 0.538. The van der Waals surface area contributed by atoms with E-state index in [9.17, 15) is 0 Å². The molecule has 0 spiro atoms. The Balaban J connectivity index is 2.01. The zero-order valence-corrected chi connectivity index (χ0v) is 9.72. The topological polar surface area (TPSA) is 36.6 Å². The van der Waals surface area contributed by atoms with Gasteiger partial charge in [0, 0.05) is 19.2 Å². The van der Waals surface area contributed by atoms with Gasteiger partial charge < -0.3 is 14.4 Å². The van der Waals surface area contributed by atoms with Gasteiger partial charge in [-0.1, -0.05) is 6.08 Å². The molecule has 1 aliphatic rings. The van der Waals surface area contributed by atoms with Gasteiger partial charge in [-0.2, -0.15) is 0 Å². The fourth-order valence-electron chi connectivity index (χ4n) is 1.95. The molecule has 1 unspecified atom stereocenters. The summed E-state index contributed by atoms with van der Waals surface area (Å²) in [6.07, 6.45) is 6.94. The summed E-state index contributed by atoms with van der Waals surface area (Å²) < 4.78 is 5.70. The highest BCUT2D eigenvalue weighted by atomic mass is 16.4. The van der Waals surface area contributed by atoms with Crippen LogP contribution in [0.2, 0.25) is 0 Å². The molecule has 0 aromatic carbocycles. The van der Waals surface area contributed by atoms with E-state index in [4.69, 9.17) is 9.52 Å². The van der Waals surface area contributed by atoms with Crippen molar-refractivity contribution in [3.8, 4) is 0 Å². The number of hydrogen-bond donors (Lipinski definition) is 1. The third-order valence-corrected chi connectivity index (χ3v) is 2.82. The van der Waals surface area contributed by atoms with E-state index in [-0.39, 0.29) is 0 Å². The molecule has 1 saturated heterocycles. The first-order valence-electron chi connectivity index (χ1n) is 5.97. The first-order chi connectivity index (χ1) is 7.75. The molecule has 0 amide bonds. The van der Waals surface area contributed by atoms with Crippen LogP contribution in [-0.4, -0.2) is 24.3 Å². The molecule has 0 saturated carbocycles. The highest BCUT2D eigenvalue weighted by Gasteiger charge is 2.13. The quantitative estimate of drug-likeness (QED) is 0.852. The number of anilines is 1. The molecule has 1 fully saturated rings. The summed E-state index contributed by atoms with van der Waals surface area (Å²) in [5.74, 6) is 1.76. The van der Waals surface area contributed by atoms with Crippen molar-refractivity contribution in [1.29, 1.82) is 0 Å². The maximum Gasteiger partial charge on any atom is 0.196 e. The molecule has 3 heteroatoms. The molecule has 1 aromatic rings. The van der Waals surface area contributed by atoms with Crippen molar-refractivity contribution in [2.75, 3.05) is 18.0 Å². The average Bonchev–Trinajstić information content (AvgIpc) is 2.76. The largest absolute Gasteiger partial charge is 0.441 e. The summed E-state index contributed by atoms with van der Waals surface area (Å²) >= 11 is 0. The molecule has 0 aliphatic carbocycles. The Morgan fingerprint density at radius 2 is 2.06 bits per heavy atom. The second kappa shape index (κ2) is 5.21. The standard InChI is InChI=1S/C13H19NO2/c1-11(15)5-6-12-7-8-13(16-12)14-9-3-2-4-10-14/h5-8,11,15H,2-4,9-10H2,1H3/b6-5+. The Morgan fingerprint density at radius 1 is 1.31 bits per heavy atom. The molecule has 1 aromatic heterocycles. The van der Waals surface area contributed by atoms with Crippen LogP contribution in [0.3, 0.4) is 0 Å². The van der Waals surface area contributed by atoms with Gasteiger partial charge in [-0.15, -0.1) is 0 Å². The van der Waals surface area contributed by atoms with E-state index in [1.165, 1.54) is 19.3 Å². The lowest BCUT2D eigenvalue weighted by Gasteiger charge is -2.25. The Morgan fingerprint density at radius 3 is 2.75 bits per heavy atom. The van der Waals surface area contributed by atoms with Gasteiger partial charge in [-0.25, -0.2) is 0 Å². The van der Waals surface area contributed by atoms with E-state index in [0.29, 0.717) is 0 Å². The van der Waals surface area contributed by atoms with Crippen LogP contribution >= 0.6 is 0 Å². The lowest BCUT2D eigenvalue weighted by molar-refractivity contribution is 0.245. The van der Waals surface area contributed by atoms with Crippen LogP contribution in [0.15, 0.2) is 22.6 Å². The molecule has 0 radical (unpaired) electrons. The van der Waals surface area contributed by atoms with Gasteiger partial charge in [0.2, 0.25) is 0 Å². The van der Waals surface area contributed by atoms with Gasteiger partial charge in [-0.3, -0.25) is 0 Å². The van der Waals surface area contributed by atoms with Gasteiger partial charge >= 0.3 is 0 Å². The van der Waals surface area contributed by atoms with E-state index in [1.807, 2.05) is 18.2 Å². The van der Waals surface area contributed by atoms with Crippen LogP contribution < -0.4 is 4.90 Å². The lowest BCUT2D eigenvalue weighted by atomic mass is 10.1. The Bertz CT molecular complexity index is 349. The molecule has 0 bridgehead atoms. The van der Waals surface area contributed by atoms with Crippen molar-refractivity contribution >= 4 is 12.0 Å². The number of hydrogen-bond acceptors (Lipinski definition) is 3. The van der Waals surface area contributed by atoms with Crippen molar-refractivity contribution in [2.24, 2.45) is 0 Å². The Hall–Kier alpha value is -1.22. The minimum atomic E-state index is -0.427. The summed E-state index contributed by atoms with van der Waals surface area (Å²) in [5.41, 5.74) is 0. The smallest absolute Gasteiger partial charge is 0.196 e. The van der Waals surface area contributed by atoms with Crippen LogP contribution in [0, 0.1) is 0 Å². The predicted octanol–water partition coefficient (Wildman–Crippen LogP) is 2.66. The molecule has 1 N–H and O–H groups in total. The van der Waals surface area contributed by atoms with Crippen LogP contribution in [0.5, 0.6) is 0 Å². The minimum Gasteiger partial charge on any atom is -0.441 e. The molecular formula is C13H19NO2. The highest BCUT2D eigenvalue weighted by molar-refractivity contribution is 5.48. The first kappa shape index (κ1) is 11.3. The first-order valence-corrected chi connectivity index (χ1v) is 5.97. The number of furan rings is 1. The molecule has 3 nitrogen and oxygen atoms in total.